The molecule has 7 heteroatoms. The quantitative estimate of drug-likeness (QED) is 0.841. The Morgan fingerprint density at radius 2 is 2.16 bits per heavy atom. The van der Waals surface area contributed by atoms with Gasteiger partial charge in [0.25, 0.3) is 11.8 Å². The number of nitrogens with two attached hydrogens (primary N) is 1. The minimum atomic E-state index is -3.13. The highest BCUT2D eigenvalue weighted by molar-refractivity contribution is 5.93. The molecule has 0 fully saturated rings. The molecule has 1 aromatic carbocycles. The second-order valence-corrected chi connectivity index (χ2v) is 6.33. The van der Waals surface area contributed by atoms with E-state index < -0.39 is 24.9 Å². The first-order valence-corrected chi connectivity index (χ1v) is 8.18. The largest absolute Gasteiger partial charge is 0.459 e. The van der Waals surface area contributed by atoms with Crippen LogP contribution in [0.2, 0.25) is 0 Å². The van der Waals surface area contributed by atoms with Gasteiger partial charge in [-0.1, -0.05) is 18.2 Å². The fourth-order valence-electron chi connectivity index (χ4n) is 3.08. The van der Waals surface area contributed by atoms with Gasteiger partial charge in [0.05, 0.1) is 19.4 Å². The van der Waals surface area contributed by atoms with Gasteiger partial charge in [-0.05, 0) is 31.0 Å². The van der Waals surface area contributed by atoms with Crippen LogP contribution < -0.4 is 16.0 Å². The Morgan fingerprint density at radius 3 is 2.92 bits per heavy atom. The van der Waals surface area contributed by atoms with Crippen LogP contribution in [0.15, 0.2) is 41.0 Å². The van der Waals surface area contributed by atoms with Crippen molar-refractivity contribution < 1.29 is 18.0 Å². The number of amides is 1. The van der Waals surface area contributed by atoms with Crippen molar-refractivity contribution in [2.75, 3.05) is 18.0 Å². The van der Waals surface area contributed by atoms with Crippen molar-refractivity contribution in [3.63, 3.8) is 0 Å². The molecule has 3 rings (SSSR count). The van der Waals surface area contributed by atoms with Gasteiger partial charge in [-0.15, -0.1) is 0 Å². The summed E-state index contributed by atoms with van der Waals surface area (Å²) < 4.78 is 31.7. The molecule has 1 amide bonds. The number of alkyl halides is 2. The molecule has 0 aliphatic carbocycles. The van der Waals surface area contributed by atoms with Gasteiger partial charge in [0, 0.05) is 23.8 Å². The van der Waals surface area contributed by atoms with Crippen LogP contribution in [-0.2, 0) is 13.0 Å². The fraction of sp³-hybridized carbons (Fsp3) is 0.389. The maximum Gasteiger partial charge on any atom is 0.287 e. The summed E-state index contributed by atoms with van der Waals surface area (Å²) in [5, 5.41) is 2.19. The van der Waals surface area contributed by atoms with Crippen LogP contribution in [0.4, 0.5) is 14.5 Å². The van der Waals surface area contributed by atoms with Crippen LogP contribution in [0, 0.1) is 0 Å². The Labute approximate surface area is 144 Å². The third kappa shape index (κ3) is 3.66. The summed E-state index contributed by atoms with van der Waals surface area (Å²) in [5.74, 6) is -3.73. The van der Waals surface area contributed by atoms with E-state index in [0.29, 0.717) is 12.1 Å². The maximum absolute atomic E-state index is 13.2. The van der Waals surface area contributed by atoms with E-state index in [0.717, 1.165) is 12.1 Å². The first-order valence-electron chi connectivity index (χ1n) is 8.18. The third-order valence-electron chi connectivity index (χ3n) is 4.45. The minimum absolute atomic E-state index is 0.0596. The summed E-state index contributed by atoms with van der Waals surface area (Å²) in [6.45, 7) is 0.956. The van der Waals surface area contributed by atoms with Gasteiger partial charge < -0.3 is 20.4 Å². The van der Waals surface area contributed by atoms with E-state index >= 15 is 0 Å². The SMILES string of the molecule is CC1Cc2ccccc2N1Cc1ccoc1C(=O)NCC(F)(F)CN. The Kier molecular flexibility index (Phi) is 4.76. The van der Waals surface area contributed by atoms with Crippen LogP contribution >= 0.6 is 0 Å². The molecule has 0 saturated carbocycles. The van der Waals surface area contributed by atoms with Gasteiger partial charge in [-0.3, -0.25) is 4.79 Å². The van der Waals surface area contributed by atoms with Crippen LogP contribution in [0.3, 0.4) is 0 Å². The second-order valence-electron chi connectivity index (χ2n) is 6.33. The Hall–Kier alpha value is -2.41. The van der Waals surface area contributed by atoms with Crippen LogP contribution in [0.1, 0.15) is 28.6 Å². The Balaban J connectivity index is 1.73. The van der Waals surface area contributed by atoms with E-state index in [1.807, 2.05) is 18.2 Å². The van der Waals surface area contributed by atoms with Crippen molar-refractivity contribution in [2.45, 2.75) is 31.9 Å². The number of benzene rings is 1. The lowest BCUT2D eigenvalue weighted by molar-refractivity contribution is 0.0115. The number of nitrogens with one attached hydrogen (secondary N) is 1. The number of fused-ring (bicyclic) bond motifs is 1. The number of nitrogens with zero attached hydrogens (tertiary/aromatic N) is 1. The van der Waals surface area contributed by atoms with Crippen molar-refractivity contribution in [1.29, 1.82) is 0 Å². The van der Waals surface area contributed by atoms with E-state index in [2.05, 4.69) is 23.2 Å². The van der Waals surface area contributed by atoms with E-state index in [4.69, 9.17) is 10.2 Å². The lowest BCUT2D eigenvalue weighted by atomic mass is 10.1. The molecule has 3 N–H and O–H groups in total. The van der Waals surface area contributed by atoms with Crippen molar-refractivity contribution in [1.82, 2.24) is 5.32 Å². The smallest absolute Gasteiger partial charge is 0.287 e. The molecule has 2 heterocycles. The molecular formula is C18H21F2N3O2. The first kappa shape index (κ1) is 17.4. The van der Waals surface area contributed by atoms with Crippen LogP contribution in [-0.4, -0.2) is 31.0 Å². The molecule has 5 nitrogen and oxygen atoms in total. The first-order chi connectivity index (χ1) is 11.9. The van der Waals surface area contributed by atoms with E-state index in [9.17, 15) is 13.6 Å². The predicted molar refractivity (Wildman–Crippen MR) is 90.8 cm³/mol. The summed E-state index contributed by atoms with van der Waals surface area (Å²) in [6, 6.07) is 10.1. The second kappa shape index (κ2) is 6.84. The zero-order chi connectivity index (χ0) is 18.0. The minimum Gasteiger partial charge on any atom is -0.459 e. The fourth-order valence-corrected chi connectivity index (χ4v) is 3.08. The average Bonchev–Trinajstić information content (AvgIpc) is 3.18. The van der Waals surface area contributed by atoms with E-state index in [1.165, 1.54) is 11.8 Å². The van der Waals surface area contributed by atoms with Gasteiger partial charge in [-0.2, -0.15) is 0 Å². The van der Waals surface area contributed by atoms with Gasteiger partial charge in [0.2, 0.25) is 0 Å². The summed E-state index contributed by atoms with van der Waals surface area (Å²) in [5.41, 5.74) is 8.02. The van der Waals surface area contributed by atoms with Crippen LogP contribution in [0.5, 0.6) is 0 Å². The molecule has 2 aromatic rings. The molecule has 0 spiro atoms. The molecular weight excluding hydrogens is 328 g/mol. The van der Waals surface area contributed by atoms with Crippen molar-refractivity contribution in [2.24, 2.45) is 5.73 Å². The molecule has 1 atom stereocenters. The van der Waals surface area contributed by atoms with Gasteiger partial charge in [0.15, 0.2) is 5.76 Å². The normalized spacial score (nSPS) is 16.8. The summed E-state index contributed by atoms with van der Waals surface area (Å²) in [6.07, 6.45) is 2.33. The standard InChI is InChI=1S/C18H21F2N3O2/c1-12-8-13-4-2-3-5-15(13)23(12)9-14-6-7-25-16(14)17(24)22-11-18(19,20)10-21/h2-7,12H,8-11,21H2,1H3,(H,22,24). The zero-order valence-electron chi connectivity index (χ0n) is 14.0. The number of rotatable bonds is 6. The number of hydrogen-bond donors (Lipinski definition) is 2. The molecule has 0 radical (unpaired) electrons. The number of hydrogen-bond acceptors (Lipinski definition) is 4. The van der Waals surface area contributed by atoms with Crippen LogP contribution in [0.25, 0.3) is 0 Å². The number of furan rings is 1. The Bertz CT molecular complexity index is 760. The average molecular weight is 349 g/mol. The van der Waals surface area contributed by atoms with E-state index in [-0.39, 0.29) is 11.8 Å². The van der Waals surface area contributed by atoms with Crippen molar-refractivity contribution in [3.05, 3.63) is 53.5 Å². The highest BCUT2D eigenvalue weighted by Crippen LogP contribution is 2.33. The molecule has 1 aromatic heterocycles. The number of halogens is 2. The number of carbonyl (C=O) groups excluding carboxylic acids is 1. The lowest BCUT2D eigenvalue weighted by Gasteiger charge is -2.24. The van der Waals surface area contributed by atoms with Gasteiger partial charge in [-0.25, -0.2) is 8.78 Å². The third-order valence-corrected chi connectivity index (χ3v) is 4.45. The topological polar surface area (TPSA) is 71.5 Å². The molecule has 0 saturated heterocycles. The van der Waals surface area contributed by atoms with Crippen molar-refractivity contribution >= 4 is 11.6 Å². The van der Waals surface area contributed by atoms with Gasteiger partial charge in [0.1, 0.15) is 0 Å². The number of anilines is 1. The van der Waals surface area contributed by atoms with E-state index in [1.54, 1.807) is 6.07 Å². The molecule has 1 aliphatic rings. The number of carbonyl (C=O) groups is 1. The molecule has 134 valence electrons. The predicted octanol–water partition coefficient (Wildman–Crippen LogP) is 2.55. The summed E-state index contributed by atoms with van der Waals surface area (Å²) in [7, 11) is 0. The maximum atomic E-state index is 13.2. The summed E-state index contributed by atoms with van der Waals surface area (Å²) >= 11 is 0. The van der Waals surface area contributed by atoms with Crippen molar-refractivity contribution in [3.8, 4) is 0 Å². The molecule has 0 bridgehead atoms. The lowest BCUT2D eigenvalue weighted by Crippen LogP contribution is -2.41. The zero-order valence-corrected chi connectivity index (χ0v) is 14.0. The molecule has 1 aliphatic heterocycles. The number of para-hydroxylation sites is 1. The highest BCUT2D eigenvalue weighted by atomic mass is 19.3. The summed E-state index contributed by atoms with van der Waals surface area (Å²) in [4.78, 5) is 14.4. The highest BCUT2D eigenvalue weighted by Gasteiger charge is 2.30. The molecule has 25 heavy (non-hydrogen) atoms. The Morgan fingerprint density at radius 1 is 1.40 bits per heavy atom. The van der Waals surface area contributed by atoms with Gasteiger partial charge >= 0.3 is 0 Å². The molecule has 1 unspecified atom stereocenters. The monoisotopic (exact) mass is 349 g/mol.